The molecule has 0 saturated carbocycles. The lowest BCUT2D eigenvalue weighted by Crippen LogP contribution is -2.04. The van der Waals surface area contributed by atoms with Gasteiger partial charge in [-0.2, -0.15) is 0 Å². The van der Waals surface area contributed by atoms with Crippen molar-refractivity contribution in [1.29, 1.82) is 0 Å². The molecule has 28 heavy (non-hydrogen) atoms. The number of phenols is 1. The van der Waals surface area contributed by atoms with E-state index in [4.69, 9.17) is 4.74 Å². The van der Waals surface area contributed by atoms with E-state index in [1.165, 1.54) is 25.3 Å². The first-order valence-electron chi connectivity index (χ1n) is 8.72. The summed E-state index contributed by atoms with van der Waals surface area (Å²) in [6, 6.07) is 18.6. The highest BCUT2D eigenvalue weighted by molar-refractivity contribution is 6.03. The fourth-order valence-electron chi connectivity index (χ4n) is 3.00. The van der Waals surface area contributed by atoms with Gasteiger partial charge in [-0.1, -0.05) is 42.5 Å². The second-order valence-electron chi connectivity index (χ2n) is 6.28. The van der Waals surface area contributed by atoms with E-state index in [0.29, 0.717) is 23.3 Å². The zero-order chi connectivity index (χ0) is 20.1. The van der Waals surface area contributed by atoms with Crippen LogP contribution in [0.25, 0.3) is 11.1 Å². The predicted molar refractivity (Wildman–Crippen MR) is 106 cm³/mol. The average molecular weight is 377 g/mol. The highest BCUT2D eigenvalue weighted by atomic mass is 16.6. The van der Waals surface area contributed by atoms with Gasteiger partial charge in [-0.15, -0.1) is 0 Å². The minimum atomic E-state index is -0.457. The molecule has 3 aromatic carbocycles. The van der Waals surface area contributed by atoms with E-state index in [0.717, 1.165) is 11.1 Å². The van der Waals surface area contributed by atoms with E-state index in [-0.39, 0.29) is 23.6 Å². The molecule has 3 rings (SSSR count). The van der Waals surface area contributed by atoms with E-state index >= 15 is 0 Å². The first-order valence-corrected chi connectivity index (χ1v) is 8.72. The van der Waals surface area contributed by atoms with Gasteiger partial charge in [-0.3, -0.25) is 14.9 Å². The Balaban J connectivity index is 1.86. The maximum atomic E-state index is 12.9. The zero-order valence-corrected chi connectivity index (χ0v) is 15.3. The Morgan fingerprint density at radius 3 is 2.36 bits per heavy atom. The second-order valence-corrected chi connectivity index (χ2v) is 6.28. The van der Waals surface area contributed by atoms with E-state index < -0.39 is 4.92 Å². The van der Waals surface area contributed by atoms with Crippen molar-refractivity contribution in [2.24, 2.45) is 0 Å². The molecule has 0 amide bonds. The van der Waals surface area contributed by atoms with Crippen molar-refractivity contribution in [2.45, 2.75) is 12.8 Å². The Labute approximate surface area is 162 Å². The number of phenolic OH excluding ortho intramolecular Hbond substituents is 1. The smallest absolute Gasteiger partial charge is 0.269 e. The van der Waals surface area contributed by atoms with Crippen LogP contribution in [0.5, 0.6) is 11.5 Å². The summed E-state index contributed by atoms with van der Waals surface area (Å²) in [5.74, 6) is 0.0711. The third-order valence-electron chi connectivity index (χ3n) is 4.49. The number of ether oxygens (including phenoxy) is 1. The monoisotopic (exact) mass is 377 g/mol. The second kappa shape index (κ2) is 8.35. The van der Waals surface area contributed by atoms with Crippen LogP contribution in [0.1, 0.15) is 22.3 Å². The van der Waals surface area contributed by atoms with Crippen LogP contribution >= 0.6 is 0 Å². The normalized spacial score (nSPS) is 10.5. The molecule has 142 valence electrons. The number of Topliss-reactive ketones (excluding diaryl/α,β-unsaturated/α-hetero) is 1. The number of rotatable bonds is 7. The molecule has 1 N–H and O–H groups in total. The number of nitro benzene ring substituents is 1. The summed E-state index contributed by atoms with van der Waals surface area (Å²) in [4.78, 5) is 23.2. The topological polar surface area (TPSA) is 89.7 Å². The molecule has 0 bridgehead atoms. The predicted octanol–water partition coefficient (Wildman–Crippen LogP) is 4.79. The molecule has 0 unspecified atom stereocenters. The quantitative estimate of drug-likeness (QED) is 0.363. The van der Waals surface area contributed by atoms with Crippen molar-refractivity contribution < 1.29 is 19.6 Å². The fraction of sp³-hybridized carbons (Fsp3) is 0.136. The number of methoxy groups -OCH3 is 1. The number of non-ortho nitro benzene ring substituents is 1. The summed E-state index contributed by atoms with van der Waals surface area (Å²) in [6.45, 7) is 0. The summed E-state index contributed by atoms with van der Waals surface area (Å²) in [5.41, 5.74) is 2.79. The van der Waals surface area contributed by atoms with Crippen LogP contribution in [0.4, 0.5) is 5.69 Å². The number of aromatic hydroxyl groups is 1. The molecule has 0 aliphatic rings. The molecule has 6 heteroatoms. The van der Waals surface area contributed by atoms with Crippen LogP contribution in [0, 0.1) is 10.1 Å². The molecule has 6 nitrogen and oxygen atoms in total. The van der Waals surface area contributed by atoms with Crippen molar-refractivity contribution in [3.8, 4) is 22.6 Å². The van der Waals surface area contributed by atoms with Crippen LogP contribution in [0.3, 0.4) is 0 Å². The Morgan fingerprint density at radius 1 is 1.07 bits per heavy atom. The molecule has 0 fully saturated rings. The van der Waals surface area contributed by atoms with Gasteiger partial charge in [0.2, 0.25) is 0 Å². The van der Waals surface area contributed by atoms with E-state index in [9.17, 15) is 20.0 Å². The number of benzene rings is 3. The largest absolute Gasteiger partial charge is 0.504 e. The molecular formula is C22H19NO5. The fourth-order valence-corrected chi connectivity index (χ4v) is 3.00. The highest BCUT2D eigenvalue weighted by Gasteiger charge is 2.17. The van der Waals surface area contributed by atoms with Gasteiger partial charge in [-0.05, 0) is 35.2 Å². The van der Waals surface area contributed by atoms with Gasteiger partial charge < -0.3 is 9.84 Å². The first-order chi connectivity index (χ1) is 13.5. The van der Waals surface area contributed by atoms with E-state index in [1.807, 2.05) is 30.3 Å². The summed E-state index contributed by atoms with van der Waals surface area (Å²) >= 11 is 0. The molecule has 3 aromatic rings. The third-order valence-corrected chi connectivity index (χ3v) is 4.49. The molecule has 0 radical (unpaired) electrons. The first kappa shape index (κ1) is 19.1. The molecule has 0 spiro atoms. The Kier molecular flexibility index (Phi) is 5.69. The van der Waals surface area contributed by atoms with Gasteiger partial charge >= 0.3 is 0 Å². The van der Waals surface area contributed by atoms with Crippen molar-refractivity contribution in [3.05, 3.63) is 88.0 Å². The minimum absolute atomic E-state index is 0.0153. The van der Waals surface area contributed by atoms with E-state index in [1.54, 1.807) is 18.2 Å². The van der Waals surface area contributed by atoms with Gasteiger partial charge in [0.1, 0.15) is 0 Å². The molecule has 0 saturated heterocycles. The third kappa shape index (κ3) is 4.17. The molecule has 0 atom stereocenters. The highest BCUT2D eigenvalue weighted by Crippen LogP contribution is 2.35. The Morgan fingerprint density at radius 2 is 1.75 bits per heavy atom. The number of carbonyl (C=O) groups is 1. The van der Waals surface area contributed by atoms with Crippen LogP contribution in [-0.4, -0.2) is 22.9 Å². The SMILES string of the molecule is COc1cc(-c2ccccc2)c(C(=O)CCc2ccc([N+](=O)[O-])cc2)cc1O. The van der Waals surface area contributed by atoms with E-state index in [2.05, 4.69) is 0 Å². The maximum Gasteiger partial charge on any atom is 0.269 e. The molecule has 0 heterocycles. The van der Waals surface area contributed by atoms with Crippen molar-refractivity contribution in [3.63, 3.8) is 0 Å². The number of hydrogen-bond donors (Lipinski definition) is 1. The lowest BCUT2D eigenvalue weighted by molar-refractivity contribution is -0.384. The van der Waals surface area contributed by atoms with Crippen LogP contribution in [-0.2, 0) is 6.42 Å². The van der Waals surface area contributed by atoms with Crippen LogP contribution in [0.2, 0.25) is 0 Å². The van der Waals surface area contributed by atoms with Gasteiger partial charge in [0.05, 0.1) is 12.0 Å². The lowest BCUT2D eigenvalue weighted by atomic mass is 9.93. The lowest BCUT2D eigenvalue weighted by Gasteiger charge is -2.13. The van der Waals surface area contributed by atoms with Gasteiger partial charge in [-0.25, -0.2) is 0 Å². The number of nitrogens with zero attached hydrogens (tertiary/aromatic N) is 1. The van der Waals surface area contributed by atoms with Gasteiger partial charge in [0, 0.05) is 24.1 Å². The molecule has 0 aromatic heterocycles. The number of hydrogen-bond acceptors (Lipinski definition) is 5. The van der Waals surface area contributed by atoms with Crippen molar-refractivity contribution in [1.82, 2.24) is 0 Å². The minimum Gasteiger partial charge on any atom is -0.504 e. The summed E-state index contributed by atoms with van der Waals surface area (Å²) in [6.07, 6.45) is 0.654. The van der Waals surface area contributed by atoms with Gasteiger partial charge in [0.25, 0.3) is 5.69 Å². The Hall–Kier alpha value is -3.67. The standard InChI is InChI=1S/C22H19NO5/c1-28-22-14-18(16-5-3-2-4-6-16)19(13-21(22)25)20(24)12-9-15-7-10-17(11-8-15)23(26)27/h2-8,10-11,13-14,25H,9,12H2,1H3. The summed E-state index contributed by atoms with van der Waals surface area (Å²) < 4.78 is 5.19. The van der Waals surface area contributed by atoms with Gasteiger partial charge in [0.15, 0.2) is 17.3 Å². The summed E-state index contributed by atoms with van der Waals surface area (Å²) in [7, 11) is 1.46. The zero-order valence-electron chi connectivity index (χ0n) is 15.3. The number of aryl methyl sites for hydroxylation is 1. The molecular weight excluding hydrogens is 358 g/mol. The van der Waals surface area contributed by atoms with Crippen molar-refractivity contribution in [2.75, 3.05) is 7.11 Å². The van der Waals surface area contributed by atoms with Crippen LogP contribution in [0.15, 0.2) is 66.7 Å². The average Bonchev–Trinajstić information content (AvgIpc) is 2.72. The number of ketones is 1. The maximum absolute atomic E-state index is 12.9. The molecule has 0 aliphatic heterocycles. The molecule has 0 aliphatic carbocycles. The number of nitro groups is 1. The Bertz CT molecular complexity index is 997. The van der Waals surface area contributed by atoms with Crippen molar-refractivity contribution >= 4 is 11.5 Å². The van der Waals surface area contributed by atoms with Crippen LogP contribution < -0.4 is 4.74 Å². The summed E-state index contributed by atoms with van der Waals surface area (Å²) in [5, 5.41) is 20.9. The number of carbonyl (C=O) groups excluding carboxylic acids is 1.